The average Bonchev–Trinajstić information content (AvgIpc) is 2.26. The molecule has 0 saturated carbocycles. The zero-order chi connectivity index (χ0) is 12.3. The quantitative estimate of drug-likeness (QED) is 0.601. The largest absolute Gasteiger partial charge is 0.478 e. The number of carboxylic acids is 1. The van der Waals surface area contributed by atoms with E-state index in [0.29, 0.717) is 12.1 Å². The minimum atomic E-state index is -1.15. The lowest BCUT2D eigenvalue weighted by Gasteiger charge is -2.08. The number of hydrogen-bond donors (Lipinski definition) is 2. The standard InChI is InChI=1S/C10H12N2O4/c1-3-6-7(10(13)14)4-5-8(11-2)9(6)12(15)16/h4-5,11H,3H2,1-2H3,(H,13,14). The van der Waals surface area contributed by atoms with Crippen LogP contribution in [0.2, 0.25) is 0 Å². The molecule has 0 aliphatic heterocycles. The highest BCUT2D eigenvalue weighted by atomic mass is 16.6. The van der Waals surface area contributed by atoms with Crippen LogP contribution in [0.25, 0.3) is 0 Å². The van der Waals surface area contributed by atoms with Crippen molar-refractivity contribution in [2.75, 3.05) is 12.4 Å². The summed E-state index contributed by atoms with van der Waals surface area (Å²) in [5.74, 6) is -1.15. The first kappa shape index (κ1) is 12.0. The normalized spacial score (nSPS) is 9.88. The monoisotopic (exact) mass is 224 g/mol. The van der Waals surface area contributed by atoms with Gasteiger partial charge in [0.05, 0.1) is 10.5 Å². The Kier molecular flexibility index (Phi) is 3.44. The van der Waals surface area contributed by atoms with Gasteiger partial charge in [0.1, 0.15) is 5.69 Å². The second-order valence-electron chi connectivity index (χ2n) is 3.15. The van der Waals surface area contributed by atoms with Gasteiger partial charge in [-0.05, 0) is 18.6 Å². The van der Waals surface area contributed by atoms with Gasteiger partial charge >= 0.3 is 5.97 Å². The second kappa shape index (κ2) is 4.61. The molecular formula is C10H12N2O4. The lowest BCUT2D eigenvalue weighted by atomic mass is 10.0. The molecule has 86 valence electrons. The Balaban J connectivity index is 3.56. The second-order valence-corrected chi connectivity index (χ2v) is 3.15. The first-order chi connectivity index (χ1) is 7.52. The van der Waals surface area contributed by atoms with Gasteiger partial charge in [0, 0.05) is 12.6 Å². The first-order valence-corrected chi connectivity index (χ1v) is 4.74. The fourth-order valence-electron chi connectivity index (χ4n) is 1.60. The number of nitrogens with one attached hydrogen (secondary N) is 1. The highest BCUT2D eigenvalue weighted by Crippen LogP contribution is 2.31. The predicted molar refractivity (Wildman–Crippen MR) is 59.0 cm³/mol. The Hall–Kier alpha value is -2.11. The van der Waals surface area contributed by atoms with Crippen LogP contribution < -0.4 is 5.32 Å². The highest BCUT2D eigenvalue weighted by molar-refractivity contribution is 5.92. The van der Waals surface area contributed by atoms with E-state index in [9.17, 15) is 14.9 Å². The Labute approximate surface area is 92.0 Å². The van der Waals surface area contributed by atoms with Gasteiger partial charge in [-0.2, -0.15) is 0 Å². The van der Waals surface area contributed by atoms with Crippen LogP contribution >= 0.6 is 0 Å². The third-order valence-corrected chi connectivity index (χ3v) is 2.32. The Bertz CT molecular complexity index is 443. The molecule has 0 unspecified atom stereocenters. The summed E-state index contributed by atoms with van der Waals surface area (Å²) in [6.45, 7) is 1.69. The topological polar surface area (TPSA) is 92.5 Å². The molecule has 1 rings (SSSR count). The lowest BCUT2D eigenvalue weighted by molar-refractivity contribution is -0.384. The summed E-state index contributed by atoms with van der Waals surface area (Å²) < 4.78 is 0. The third kappa shape index (κ3) is 1.95. The molecule has 0 atom stereocenters. The van der Waals surface area contributed by atoms with Crippen molar-refractivity contribution in [3.05, 3.63) is 33.4 Å². The molecule has 0 spiro atoms. The van der Waals surface area contributed by atoms with Crippen LogP contribution in [-0.2, 0) is 6.42 Å². The molecule has 1 aromatic rings. The van der Waals surface area contributed by atoms with Crippen molar-refractivity contribution >= 4 is 17.3 Å². The number of hydrogen-bond acceptors (Lipinski definition) is 4. The molecule has 0 radical (unpaired) electrons. The number of aromatic carboxylic acids is 1. The number of benzene rings is 1. The van der Waals surface area contributed by atoms with Crippen molar-refractivity contribution in [1.82, 2.24) is 0 Å². The molecule has 0 aliphatic rings. The maximum Gasteiger partial charge on any atom is 0.336 e. The minimum Gasteiger partial charge on any atom is -0.478 e. The molecule has 1 aromatic carbocycles. The van der Waals surface area contributed by atoms with Gasteiger partial charge in [0.25, 0.3) is 5.69 Å². The summed E-state index contributed by atoms with van der Waals surface area (Å²) in [5, 5.41) is 22.5. The van der Waals surface area contributed by atoms with E-state index >= 15 is 0 Å². The smallest absolute Gasteiger partial charge is 0.336 e. The van der Waals surface area contributed by atoms with Gasteiger partial charge in [-0.15, -0.1) is 0 Å². The molecular weight excluding hydrogens is 212 g/mol. The molecule has 0 amide bonds. The van der Waals surface area contributed by atoms with Gasteiger partial charge in [0.15, 0.2) is 0 Å². The van der Waals surface area contributed by atoms with E-state index in [1.807, 2.05) is 0 Å². The van der Waals surface area contributed by atoms with Gasteiger partial charge in [-0.25, -0.2) is 4.79 Å². The molecule has 6 heteroatoms. The molecule has 0 aromatic heterocycles. The van der Waals surface area contributed by atoms with Gasteiger partial charge in [-0.3, -0.25) is 10.1 Å². The van der Waals surface area contributed by atoms with Crippen molar-refractivity contribution in [2.24, 2.45) is 0 Å². The maximum atomic E-state index is 10.9. The van der Waals surface area contributed by atoms with E-state index in [-0.39, 0.29) is 16.8 Å². The van der Waals surface area contributed by atoms with Gasteiger partial charge < -0.3 is 10.4 Å². The van der Waals surface area contributed by atoms with Crippen LogP contribution in [-0.4, -0.2) is 23.0 Å². The summed E-state index contributed by atoms with van der Waals surface area (Å²) in [7, 11) is 1.56. The van der Waals surface area contributed by atoms with Gasteiger partial charge in [0.2, 0.25) is 0 Å². The molecule has 2 N–H and O–H groups in total. The molecule has 6 nitrogen and oxygen atoms in total. The number of rotatable bonds is 4. The molecule has 0 saturated heterocycles. The lowest BCUT2D eigenvalue weighted by Crippen LogP contribution is -2.07. The van der Waals surface area contributed by atoms with Crippen LogP contribution in [0.5, 0.6) is 0 Å². The summed E-state index contributed by atoms with van der Waals surface area (Å²) in [4.78, 5) is 21.3. The maximum absolute atomic E-state index is 10.9. The summed E-state index contributed by atoms with van der Waals surface area (Å²) in [6.07, 6.45) is 0.299. The number of carboxylic acid groups (broad SMARTS) is 1. The minimum absolute atomic E-state index is 0.0202. The molecule has 0 fully saturated rings. The van der Waals surface area contributed by atoms with E-state index in [4.69, 9.17) is 5.11 Å². The van der Waals surface area contributed by atoms with E-state index < -0.39 is 10.9 Å². The number of anilines is 1. The van der Waals surface area contributed by atoms with Crippen LogP contribution in [0, 0.1) is 10.1 Å². The van der Waals surface area contributed by atoms with Crippen LogP contribution in [0.4, 0.5) is 11.4 Å². The Morgan fingerprint density at radius 2 is 2.19 bits per heavy atom. The van der Waals surface area contributed by atoms with Crippen LogP contribution in [0.15, 0.2) is 12.1 Å². The molecule has 16 heavy (non-hydrogen) atoms. The number of carbonyl (C=O) groups is 1. The van der Waals surface area contributed by atoms with E-state index in [1.54, 1.807) is 14.0 Å². The zero-order valence-electron chi connectivity index (χ0n) is 8.98. The van der Waals surface area contributed by atoms with Gasteiger partial charge in [-0.1, -0.05) is 6.92 Å². The van der Waals surface area contributed by atoms with Crippen molar-refractivity contribution in [3.8, 4) is 0 Å². The fourth-order valence-corrected chi connectivity index (χ4v) is 1.60. The number of nitrogens with zero attached hydrogens (tertiary/aromatic N) is 1. The highest BCUT2D eigenvalue weighted by Gasteiger charge is 2.23. The predicted octanol–water partition coefficient (Wildman–Crippen LogP) is 1.90. The molecule has 0 bridgehead atoms. The van der Waals surface area contributed by atoms with E-state index in [0.717, 1.165) is 0 Å². The van der Waals surface area contributed by atoms with Crippen LogP contribution in [0.3, 0.4) is 0 Å². The van der Waals surface area contributed by atoms with E-state index in [1.165, 1.54) is 12.1 Å². The zero-order valence-corrected chi connectivity index (χ0v) is 8.98. The van der Waals surface area contributed by atoms with Crippen molar-refractivity contribution < 1.29 is 14.8 Å². The first-order valence-electron chi connectivity index (χ1n) is 4.74. The van der Waals surface area contributed by atoms with Crippen molar-refractivity contribution in [1.29, 1.82) is 0 Å². The van der Waals surface area contributed by atoms with Crippen molar-refractivity contribution in [3.63, 3.8) is 0 Å². The summed E-state index contributed by atoms with van der Waals surface area (Å²) in [5.41, 5.74) is 0.384. The number of nitro benzene ring substituents is 1. The molecule has 0 heterocycles. The third-order valence-electron chi connectivity index (χ3n) is 2.32. The Morgan fingerprint density at radius 3 is 2.56 bits per heavy atom. The molecule has 0 aliphatic carbocycles. The van der Waals surface area contributed by atoms with Crippen molar-refractivity contribution in [2.45, 2.75) is 13.3 Å². The number of nitro groups is 1. The SMILES string of the molecule is CCc1c(C(=O)O)ccc(NC)c1[N+](=O)[O-]. The summed E-state index contributed by atoms with van der Waals surface area (Å²) >= 11 is 0. The Morgan fingerprint density at radius 1 is 1.56 bits per heavy atom. The van der Waals surface area contributed by atoms with E-state index in [2.05, 4.69) is 5.32 Å². The van der Waals surface area contributed by atoms with Crippen LogP contribution in [0.1, 0.15) is 22.8 Å². The average molecular weight is 224 g/mol. The summed E-state index contributed by atoms with van der Waals surface area (Å²) in [6, 6.07) is 2.78. The fraction of sp³-hybridized carbons (Fsp3) is 0.300.